The molecule has 2 N–H and O–H groups in total. The molecule has 0 aliphatic carbocycles. The summed E-state index contributed by atoms with van der Waals surface area (Å²) in [5.41, 5.74) is 8.82. The Morgan fingerprint density at radius 3 is 2.67 bits per heavy atom. The first-order valence-electron chi connectivity index (χ1n) is 6.94. The lowest BCUT2D eigenvalue weighted by molar-refractivity contribution is 0.623. The van der Waals surface area contributed by atoms with E-state index in [4.69, 9.17) is 5.73 Å². The smallest absolute Gasteiger partial charge is 0.276 e. The summed E-state index contributed by atoms with van der Waals surface area (Å²) >= 11 is 1.42. The molecule has 1 atom stereocenters. The molecule has 21 heavy (non-hydrogen) atoms. The van der Waals surface area contributed by atoms with Crippen LogP contribution in [-0.4, -0.2) is 9.55 Å². The number of nitrogens with two attached hydrogens (primary N) is 1. The van der Waals surface area contributed by atoms with E-state index >= 15 is 0 Å². The third kappa shape index (κ3) is 2.39. The van der Waals surface area contributed by atoms with Gasteiger partial charge in [-0.05, 0) is 36.9 Å². The number of fused-ring (bicyclic) bond motifs is 1. The highest BCUT2D eigenvalue weighted by Gasteiger charge is 2.17. The fourth-order valence-corrected chi connectivity index (χ4v) is 3.06. The summed E-state index contributed by atoms with van der Waals surface area (Å²) in [5.74, 6) is 0.622. The van der Waals surface area contributed by atoms with Gasteiger partial charge < -0.3 is 5.73 Å². The number of aromatic nitrogens is 2. The molecule has 1 aromatic carbocycles. The van der Waals surface area contributed by atoms with Gasteiger partial charge in [0.15, 0.2) is 0 Å². The quantitative estimate of drug-likeness (QED) is 0.808. The van der Waals surface area contributed by atoms with E-state index in [-0.39, 0.29) is 11.6 Å². The molecule has 0 bridgehead atoms. The number of benzene rings is 1. The van der Waals surface area contributed by atoms with Gasteiger partial charge in [-0.2, -0.15) is 0 Å². The van der Waals surface area contributed by atoms with Gasteiger partial charge in [-0.25, -0.2) is 4.98 Å². The van der Waals surface area contributed by atoms with Crippen LogP contribution < -0.4 is 11.3 Å². The van der Waals surface area contributed by atoms with Crippen molar-refractivity contribution < 1.29 is 0 Å². The zero-order valence-electron chi connectivity index (χ0n) is 12.0. The lowest BCUT2D eigenvalue weighted by atomic mass is 10.2. The van der Waals surface area contributed by atoms with E-state index in [9.17, 15) is 4.79 Å². The summed E-state index contributed by atoms with van der Waals surface area (Å²) in [5, 5.41) is 1.89. The van der Waals surface area contributed by atoms with Crippen molar-refractivity contribution in [2.45, 2.75) is 26.3 Å². The number of nitrogens with zero attached hydrogens (tertiary/aromatic N) is 2. The highest BCUT2D eigenvalue weighted by atomic mass is 32.1. The van der Waals surface area contributed by atoms with Gasteiger partial charge in [-0.15, -0.1) is 11.3 Å². The molecule has 0 aliphatic rings. The van der Waals surface area contributed by atoms with Gasteiger partial charge in [0.05, 0.1) is 17.2 Å². The number of hydrogen-bond donors (Lipinski definition) is 1. The summed E-state index contributed by atoms with van der Waals surface area (Å²) in [4.78, 5) is 17.4. The second-order valence-electron chi connectivity index (χ2n) is 5.10. The molecule has 5 heteroatoms. The van der Waals surface area contributed by atoms with Crippen LogP contribution >= 0.6 is 11.3 Å². The number of thiophene rings is 1. The third-order valence-corrected chi connectivity index (χ3v) is 4.46. The first kappa shape index (κ1) is 14.0. The van der Waals surface area contributed by atoms with Gasteiger partial charge in [0.2, 0.25) is 0 Å². The van der Waals surface area contributed by atoms with Crippen molar-refractivity contribution in [1.29, 1.82) is 0 Å². The predicted molar refractivity (Wildman–Crippen MR) is 87.2 cm³/mol. The number of aryl methyl sites for hydroxylation is 1. The van der Waals surface area contributed by atoms with Crippen molar-refractivity contribution in [1.82, 2.24) is 9.55 Å². The van der Waals surface area contributed by atoms with Crippen molar-refractivity contribution in [2.75, 3.05) is 0 Å². The number of rotatable bonds is 3. The van der Waals surface area contributed by atoms with Crippen molar-refractivity contribution in [3.63, 3.8) is 0 Å². The van der Waals surface area contributed by atoms with Crippen LogP contribution in [0.25, 0.3) is 15.9 Å². The first-order chi connectivity index (χ1) is 10.1. The zero-order chi connectivity index (χ0) is 15.0. The zero-order valence-corrected chi connectivity index (χ0v) is 12.9. The van der Waals surface area contributed by atoms with Crippen LogP contribution in [-0.2, 0) is 0 Å². The fraction of sp³-hybridized carbons (Fsp3) is 0.250. The predicted octanol–water partition coefficient (Wildman–Crippen LogP) is 3.17. The molecular weight excluding hydrogens is 282 g/mol. The number of hydrogen-bond acceptors (Lipinski definition) is 4. The monoisotopic (exact) mass is 299 g/mol. The molecule has 2 heterocycles. The van der Waals surface area contributed by atoms with Crippen LogP contribution in [0.2, 0.25) is 0 Å². The molecule has 0 aliphatic heterocycles. The van der Waals surface area contributed by atoms with E-state index in [0.29, 0.717) is 10.5 Å². The van der Waals surface area contributed by atoms with Crippen molar-refractivity contribution in [3.05, 3.63) is 57.5 Å². The minimum Gasteiger partial charge on any atom is -0.321 e. The van der Waals surface area contributed by atoms with E-state index in [2.05, 4.69) is 4.98 Å². The van der Waals surface area contributed by atoms with Gasteiger partial charge in [0, 0.05) is 0 Å². The molecular formula is C16H17N3OS. The maximum Gasteiger partial charge on any atom is 0.276 e. The van der Waals surface area contributed by atoms with E-state index < -0.39 is 0 Å². The Kier molecular flexibility index (Phi) is 3.61. The lowest BCUT2D eigenvalue weighted by Gasteiger charge is -2.16. The van der Waals surface area contributed by atoms with Crippen molar-refractivity contribution >= 4 is 21.6 Å². The highest BCUT2D eigenvalue weighted by molar-refractivity contribution is 7.17. The van der Waals surface area contributed by atoms with Crippen LogP contribution in [0, 0.1) is 6.92 Å². The van der Waals surface area contributed by atoms with Crippen LogP contribution in [0.15, 0.2) is 40.5 Å². The summed E-state index contributed by atoms with van der Waals surface area (Å²) in [7, 11) is 0. The van der Waals surface area contributed by atoms with Gasteiger partial charge in [-0.3, -0.25) is 9.36 Å². The Bertz CT molecular complexity index is 833. The second-order valence-corrected chi connectivity index (χ2v) is 6.01. The molecule has 0 saturated heterocycles. The van der Waals surface area contributed by atoms with Gasteiger partial charge >= 0.3 is 0 Å². The molecule has 3 aromatic rings. The molecule has 2 aromatic heterocycles. The molecule has 0 fully saturated rings. The Morgan fingerprint density at radius 1 is 1.29 bits per heavy atom. The van der Waals surface area contributed by atoms with Crippen LogP contribution in [0.4, 0.5) is 0 Å². The van der Waals surface area contributed by atoms with Crippen LogP contribution in [0.1, 0.15) is 30.8 Å². The molecule has 0 radical (unpaired) electrons. The van der Waals surface area contributed by atoms with E-state index in [1.165, 1.54) is 11.3 Å². The maximum atomic E-state index is 12.8. The summed E-state index contributed by atoms with van der Waals surface area (Å²) in [6.07, 6.45) is 0.730. The molecule has 1 unspecified atom stereocenters. The molecule has 0 spiro atoms. The van der Waals surface area contributed by atoms with Crippen LogP contribution in [0.5, 0.6) is 0 Å². The maximum absolute atomic E-state index is 12.8. The fourth-order valence-electron chi connectivity index (χ4n) is 2.30. The molecule has 108 valence electrons. The first-order valence-corrected chi connectivity index (χ1v) is 7.82. The normalized spacial score (nSPS) is 12.7. The molecule has 0 amide bonds. The largest absolute Gasteiger partial charge is 0.321 e. The second kappa shape index (κ2) is 5.42. The Morgan fingerprint density at radius 2 is 2.00 bits per heavy atom. The Hall–Kier alpha value is -1.98. The van der Waals surface area contributed by atoms with Gasteiger partial charge in [-0.1, -0.05) is 24.6 Å². The van der Waals surface area contributed by atoms with Gasteiger partial charge in [0.25, 0.3) is 5.56 Å². The van der Waals surface area contributed by atoms with E-state index in [0.717, 1.165) is 23.2 Å². The average Bonchev–Trinajstić information content (AvgIpc) is 2.96. The van der Waals surface area contributed by atoms with E-state index in [1.807, 2.05) is 49.6 Å². The molecule has 3 rings (SSSR count). The summed E-state index contributed by atoms with van der Waals surface area (Å²) < 4.78 is 2.31. The molecule has 0 saturated carbocycles. The minimum atomic E-state index is -0.261. The summed E-state index contributed by atoms with van der Waals surface area (Å²) in [6, 6.07) is 9.45. The third-order valence-electron chi connectivity index (χ3n) is 3.57. The Balaban J connectivity index is 2.34. The SMILES string of the molecule is CCC(N)c1nc2ccsc2c(=O)n1-c1ccc(C)cc1. The molecule has 4 nitrogen and oxygen atoms in total. The summed E-state index contributed by atoms with van der Waals surface area (Å²) in [6.45, 7) is 4.01. The lowest BCUT2D eigenvalue weighted by Crippen LogP contribution is -2.27. The average molecular weight is 299 g/mol. The highest BCUT2D eigenvalue weighted by Crippen LogP contribution is 2.21. The minimum absolute atomic E-state index is 0.0437. The topological polar surface area (TPSA) is 60.9 Å². The van der Waals surface area contributed by atoms with Crippen molar-refractivity contribution in [2.24, 2.45) is 5.73 Å². The van der Waals surface area contributed by atoms with E-state index in [1.54, 1.807) is 4.57 Å². The van der Waals surface area contributed by atoms with Gasteiger partial charge in [0.1, 0.15) is 10.5 Å². The Labute approximate surface area is 126 Å². The van der Waals surface area contributed by atoms with Crippen LogP contribution in [0.3, 0.4) is 0 Å². The van der Waals surface area contributed by atoms with Crippen molar-refractivity contribution in [3.8, 4) is 5.69 Å². The standard InChI is InChI=1S/C16H17N3OS/c1-3-12(17)15-18-13-8-9-21-14(13)16(20)19(15)11-6-4-10(2)5-7-11/h4-9,12H,3,17H2,1-2H3.